The van der Waals surface area contributed by atoms with Crippen molar-refractivity contribution in [3.63, 3.8) is 0 Å². The van der Waals surface area contributed by atoms with Crippen molar-refractivity contribution in [2.75, 3.05) is 25.0 Å². The van der Waals surface area contributed by atoms with Gasteiger partial charge in [-0.25, -0.2) is 14.8 Å². The molecule has 3 fully saturated rings. The third-order valence-electron chi connectivity index (χ3n) is 4.04. The Balaban J connectivity index is 1.78. The zero-order chi connectivity index (χ0) is 13.4. The lowest BCUT2D eigenvalue weighted by Gasteiger charge is -2.44. The number of hydrogen-bond acceptors (Lipinski definition) is 5. The molecule has 3 aliphatic heterocycles. The fourth-order valence-corrected chi connectivity index (χ4v) is 3.04. The first-order valence-electron chi connectivity index (χ1n) is 6.69. The van der Waals surface area contributed by atoms with Crippen molar-refractivity contribution in [2.45, 2.75) is 25.8 Å². The van der Waals surface area contributed by atoms with Gasteiger partial charge in [-0.15, -0.1) is 0 Å². The second-order valence-electron chi connectivity index (χ2n) is 5.41. The molecule has 6 nitrogen and oxygen atoms in total. The van der Waals surface area contributed by atoms with Crippen LogP contribution >= 0.6 is 0 Å². The van der Waals surface area contributed by atoms with Gasteiger partial charge in [0, 0.05) is 18.3 Å². The molecule has 4 heterocycles. The number of carboxylic acid groups (broad SMARTS) is 1. The first-order chi connectivity index (χ1) is 9.11. The van der Waals surface area contributed by atoms with Gasteiger partial charge < -0.3 is 15.3 Å². The Kier molecular flexibility index (Phi) is 3.10. The fourth-order valence-electron chi connectivity index (χ4n) is 3.04. The number of anilines is 1. The summed E-state index contributed by atoms with van der Waals surface area (Å²) in [4.78, 5) is 21.8. The Hall–Kier alpha value is -1.69. The van der Waals surface area contributed by atoms with E-state index >= 15 is 0 Å². The SMILES string of the molecule is Cc1cc(C(=O)O)nc(NC2CN3CCC2CC3)n1. The van der Waals surface area contributed by atoms with E-state index in [0.29, 0.717) is 23.6 Å². The van der Waals surface area contributed by atoms with Gasteiger partial charge in [0.2, 0.25) is 5.95 Å². The Morgan fingerprint density at radius 3 is 2.74 bits per heavy atom. The van der Waals surface area contributed by atoms with E-state index in [9.17, 15) is 4.79 Å². The molecule has 0 spiro atoms. The minimum Gasteiger partial charge on any atom is -0.477 e. The highest BCUT2D eigenvalue weighted by atomic mass is 16.4. The van der Waals surface area contributed by atoms with Crippen molar-refractivity contribution in [1.29, 1.82) is 0 Å². The van der Waals surface area contributed by atoms with E-state index in [-0.39, 0.29) is 5.69 Å². The molecular formula is C13H18N4O2. The van der Waals surface area contributed by atoms with Crippen molar-refractivity contribution in [3.05, 3.63) is 17.5 Å². The van der Waals surface area contributed by atoms with E-state index in [0.717, 1.165) is 6.54 Å². The Morgan fingerprint density at radius 2 is 2.16 bits per heavy atom. The van der Waals surface area contributed by atoms with Crippen LogP contribution in [0.2, 0.25) is 0 Å². The van der Waals surface area contributed by atoms with Crippen LogP contribution in [0.4, 0.5) is 5.95 Å². The summed E-state index contributed by atoms with van der Waals surface area (Å²) in [5.74, 6) is 0.0843. The zero-order valence-corrected chi connectivity index (χ0v) is 11.0. The summed E-state index contributed by atoms with van der Waals surface area (Å²) in [6.07, 6.45) is 2.41. The van der Waals surface area contributed by atoms with Gasteiger partial charge in [0.1, 0.15) is 0 Å². The van der Waals surface area contributed by atoms with Gasteiger partial charge >= 0.3 is 5.97 Å². The molecule has 1 unspecified atom stereocenters. The van der Waals surface area contributed by atoms with Gasteiger partial charge in [0.25, 0.3) is 0 Å². The largest absolute Gasteiger partial charge is 0.477 e. The van der Waals surface area contributed by atoms with Gasteiger partial charge in [0.15, 0.2) is 5.69 Å². The maximum atomic E-state index is 11.0. The summed E-state index contributed by atoms with van der Waals surface area (Å²) in [6.45, 7) is 5.15. The van der Waals surface area contributed by atoms with Crippen molar-refractivity contribution >= 4 is 11.9 Å². The maximum absolute atomic E-state index is 11.0. The fraction of sp³-hybridized carbons (Fsp3) is 0.615. The second-order valence-corrected chi connectivity index (χ2v) is 5.41. The van der Waals surface area contributed by atoms with E-state index in [4.69, 9.17) is 5.11 Å². The molecule has 0 radical (unpaired) electrons. The summed E-state index contributed by atoms with van der Waals surface area (Å²) in [5, 5.41) is 12.3. The van der Waals surface area contributed by atoms with Crippen LogP contribution in [-0.4, -0.2) is 51.6 Å². The van der Waals surface area contributed by atoms with Crippen LogP contribution in [0.3, 0.4) is 0 Å². The predicted molar refractivity (Wildman–Crippen MR) is 70.3 cm³/mol. The van der Waals surface area contributed by atoms with Crippen molar-refractivity contribution in [2.24, 2.45) is 5.92 Å². The van der Waals surface area contributed by atoms with Crippen molar-refractivity contribution in [3.8, 4) is 0 Å². The van der Waals surface area contributed by atoms with Crippen LogP contribution in [0, 0.1) is 12.8 Å². The van der Waals surface area contributed by atoms with E-state index < -0.39 is 5.97 Å². The highest BCUT2D eigenvalue weighted by Crippen LogP contribution is 2.29. The standard InChI is InChI=1S/C13H18N4O2/c1-8-6-10(12(18)19)15-13(14-8)16-11-7-17-4-2-9(11)3-5-17/h6,9,11H,2-5,7H2,1H3,(H,18,19)(H,14,15,16). The van der Waals surface area contributed by atoms with Crippen LogP contribution in [-0.2, 0) is 0 Å². The van der Waals surface area contributed by atoms with Gasteiger partial charge in [-0.1, -0.05) is 0 Å². The normalized spacial score (nSPS) is 29.2. The molecule has 0 saturated carbocycles. The molecule has 6 heteroatoms. The highest BCUT2D eigenvalue weighted by Gasteiger charge is 2.34. The van der Waals surface area contributed by atoms with E-state index in [1.165, 1.54) is 32.0 Å². The van der Waals surface area contributed by atoms with Crippen LogP contribution in [0.5, 0.6) is 0 Å². The molecule has 19 heavy (non-hydrogen) atoms. The average molecular weight is 262 g/mol. The number of aryl methyl sites for hydroxylation is 1. The first-order valence-corrected chi connectivity index (χ1v) is 6.69. The van der Waals surface area contributed by atoms with Crippen molar-refractivity contribution < 1.29 is 9.90 Å². The number of carbonyl (C=O) groups is 1. The molecular weight excluding hydrogens is 244 g/mol. The highest BCUT2D eigenvalue weighted by molar-refractivity contribution is 5.85. The number of nitrogens with one attached hydrogen (secondary N) is 1. The summed E-state index contributed by atoms with van der Waals surface area (Å²) < 4.78 is 0. The van der Waals surface area contributed by atoms with Crippen LogP contribution in [0.1, 0.15) is 29.0 Å². The van der Waals surface area contributed by atoms with E-state index in [1.807, 2.05) is 0 Å². The Morgan fingerprint density at radius 1 is 1.42 bits per heavy atom. The van der Waals surface area contributed by atoms with Crippen LogP contribution in [0.25, 0.3) is 0 Å². The minimum absolute atomic E-state index is 0.0521. The molecule has 102 valence electrons. The quantitative estimate of drug-likeness (QED) is 0.845. The average Bonchev–Trinajstić information content (AvgIpc) is 2.39. The molecule has 2 bridgehead atoms. The third kappa shape index (κ3) is 2.53. The molecule has 1 aromatic heterocycles. The monoisotopic (exact) mass is 262 g/mol. The topological polar surface area (TPSA) is 78.3 Å². The number of piperidine rings is 3. The smallest absolute Gasteiger partial charge is 0.354 e. The number of fused-ring (bicyclic) bond motifs is 3. The number of nitrogens with zero attached hydrogens (tertiary/aromatic N) is 3. The lowest BCUT2D eigenvalue weighted by Crippen LogP contribution is -2.53. The Bertz CT molecular complexity index is 497. The number of hydrogen-bond donors (Lipinski definition) is 2. The molecule has 0 amide bonds. The van der Waals surface area contributed by atoms with Gasteiger partial charge in [-0.3, -0.25) is 0 Å². The summed E-state index contributed by atoms with van der Waals surface area (Å²) in [6, 6.07) is 1.83. The number of aromatic carboxylic acids is 1. The molecule has 0 aliphatic carbocycles. The van der Waals surface area contributed by atoms with Crippen LogP contribution in [0.15, 0.2) is 6.07 Å². The lowest BCUT2D eigenvalue weighted by molar-refractivity contribution is 0.0690. The van der Waals surface area contributed by atoms with Crippen molar-refractivity contribution in [1.82, 2.24) is 14.9 Å². The molecule has 2 N–H and O–H groups in total. The maximum Gasteiger partial charge on any atom is 0.354 e. The molecule has 4 rings (SSSR count). The summed E-state index contributed by atoms with van der Waals surface area (Å²) in [7, 11) is 0. The lowest BCUT2D eigenvalue weighted by atomic mass is 9.84. The summed E-state index contributed by atoms with van der Waals surface area (Å²) >= 11 is 0. The Labute approximate surface area is 111 Å². The summed E-state index contributed by atoms with van der Waals surface area (Å²) in [5.41, 5.74) is 0.729. The number of rotatable bonds is 3. The zero-order valence-electron chi connectivity index (χ0n) is 11.0. The molecule has 0 aromatic carbocycles. The second kappa shape index (κ2) is 4.77. The number of carboxylic acids is 1. The van der Waals surface area contributed by atoms with Gasteiger partial charge in [-0.05, 0) is 44.8 Å². The van der Waals surface area contributed by atoms with E-state index in [2.05, 4.69) is 20.2 Å². The minimum atomic E-state index is -1.01. The number of aromatic nitrogens is 2. The van der Waals surface area contributed by atoms with Crippen LogP contribution < -0.4 is 5.32 Å². The van der Waals surface area contributed by atoms with Gasteiger partial charge in [-0.2, -0.15) is 0 Å². The molecule has 1 atom stereocenters. The third-order valence-corrected chi connectivity index (χ3v) is 4.04. The van der Waals surface area contributed by atoms with E-state index in [1.54, 1.807) is 6.92 Å². The van der Waals surface area contributed by atoms with Gasteiger partial charge in [0.05, 0.1) is 0 Å². The molecule has 3 saturated heterocycles. The molecule has 3 aliphatic rings. The first kappa shape index (κ1) is 12.3. The molecule has 1 aromatic rings. The predicted octanol–water partition coefficient (Wildman–Crippen LogP) is 0.989.